The number of carbonyl (C=O) groups is 1. The quantitative estimate of drug-likeness (QED) is 0.534. The number of alkyl halides is 3. The Kier molecular flexibility index (Phi) is 4.92. The fraction of sp³-hybridized carbons (Fsp3) is 0.429. The van der Waals surface area contributed by atoms with E-state index in [-0.39, 0.29) is 30.0 Å². The molecule has 33 heavy (non-hydrogen) atoms. The van der Waals surface area contributed by atoms with Gasteiger partial charge >= 0.3 is 6.18 Å². The van der Waals surface area contributed by atoms with Gasteiger partial charge in [0.25, 0.3) is 0 Å². The summed E-state index contributed by atoms with van der Waals surface area (Å²) in [7, 11) is 0. The lowest BCUT2D eigenvalue weighted by Crippen LogP contribution is -2.62. The van der Waals surface area contributed by atoms with E-state index >= 15 is 0 Å². The van der Waals surface area contributed by atoms with Crippen LogP contribution in [-0.4, -0.2) is 62.0 Å². The fourth-order valence-corrected chi connectivity index (χ4v) is 4.13. The van der Waals surface area contributed by atoms with Crippen LogP contribution in [0.1, 0.15) is 25.3 Å². The van der Waals surface area contributed by atoms with Crippen molar-refractivity contribution in [2.24, 2.45) is 0 Å². The number of nitrogens with one attached hydrogen (secondary N) is 2. The highest BCUT2D eigenvalue weighted by Gasteiger charge is 2.41. The van der Waals surface area contributed by atoms with Gasteiger partial charge in [0.1, 0.15) is 5.82 Å². The maximum absolute atomic E-state index is 13.2. The summed E-state index contributed by atoms with van der Waals surface area (Å²) in [5.74, 6) is 0.675. The lowest BCUT2D eigenvalue weighted by Gasteiger charge is -2.47. The van der Waals surface area contributed by atoms with Gasteiger partial charge in [0.15, 0.2) is 5.65 Å². The zero-order chi connectivity index (χ0) is 23.4. The largest absolute Gasteiger partial charge is 0.416 e. The summed E-state index contributed by atoms with van der Waals surface area (Å²) in [6.07, 6.45) is -2.13. The van der Waals surface area contributed by atoms with Gasteiger partial charge in [0.2, 0.25) is 11.9 Å². The molecule has 2 fully saturated rings. The van der Waals surface area contributed by atoms with Crippen LogP contribution in [0.2, 0.25) is 0 Å². The summed E-state index contributed by atoms with van der Waals surface area (Å²) < 4.78 is 41.1. The van der Waals surface area contributed by atoms with Gasteiger partial charge < -0.3 is 20.6 Å². The Morgan fingerprint density at radius 2 is 2.09 bits per heavy atom. The predicted octanol–water partition coefficient (Wildman–Crippen LogP) is 2.10. The molecule has 0 spiro atoms. The summed E-state index contributed by atoms with van der Waals surface area (Å²) in [6.45, 7) is 3.05. The number of rotatable bonds is 5. The molecule has 0 unspecified atom stereocenters. The minimum Gasteiger partial charge on any atom is -0.386 e. The Balaban J connectivity index is 1.58. The first kappa shape index (κ1) is 21.4. The Bertz CT molecular complexity index is 1220. The topological polar surface area (TPSA) is 108 Å². The first-order chi connectivity index (χ1) is 15.6. The van der Waals surface area contributed by atoms with Crippen molar-refractivity contribution in [3.63, 3.8) is 0 Å². The number of fused-ring (bicyclic) bond motifs is 1. The van der Waals surface area contributed by atoms with E-state index in [1.165, 1.54) is 23.0 Å². The summed E-state index contributed by atoms with van der Waals surface area (Å²) >= 11 is 0. The SMILES string of the molecule is CCC1(O)CN(c2nc(N[C@@H]3CNC(=O)C3)nc3c2cnn3-c2cccc(C(F)(F)F)c2)C1. The second-order valence-electron chi connectivity index (χ2n) is 8.50. The predicted molar refractivity (Wildman–Crippen MR) is 114 cm³/mol. The van der Waals surface area contributed by atoms with E-state index in [2.05, 4.69) is 25.7 Å². The number of anilines is 2. The number of amides is 1. The molecule has 0 bridgehead atoms. The van der Waals surface area contributed by atoms with E-state index in [0.29, 0.717) is 42.9 Å². The number of aromatic nitrogens is 4. The van der Waals surface area contributed by atoms with Crippen molar-refractivity contribution in [2.75, 3.05) is 29.9 Å². The lowest BCUT2D eigenvalue weighted by atomic mass is 9.91. The van der Waals surface area contributed by atoms with Gasteiger partial charge in [0.05, 0.1) is 34.5 Å². The van der Waals surface area contributed by atoms with Gasteiger partial charge in [-0.05, 0) is 24.6 Å². The minimum absolute atomic E-state index is 0.0847. The Hall–Kier alpha value is -3.41. The van der Waals surface area contributed by atoms with Crippen molar-refractivity contribution in [3.8, 4) is 5.69 Å². The van der Waals surface area contributed by atoms with Crippen molar-refractivity contribution in [2.45, 2.75) is 37.6 Å². The Morgan fingerprint density at radius 1 is 1.30 bits per heavy atom. The highest BCUT2D eigenvalue weighted by Crippen LogP contribution is 2.35. The first-order valence-corrected chi connectivity index (χ1v) is 10.6. The van der Waals surface area contributed by atoms with Crippen molar-refractivity contribution in [3.05, 3.63) is 36.0 Å². The average molecular weight is 461 g/mol. The molecule has 5 rings (SSSR count). The van der Waals surface area contributed by atoms with E-state index in [1.807, 2.05) is 11.8 Å². The van der Waals surface area contributed by atoms with Crippen molar-refractivity contribution in [1.82, 2.24) is 25.1 Å². The van der Waals surface area contributed by atoms with Gasteiger partial charge in [-0.15, -0.1) is 0 Å². The Labute approximate surface area is 186 Å². The molecule has 1 amide bonds. The summed E-state index contributed by atoms with van der Waals surface area (Å²) in [4.78, 5) is 22.6. The summed E-state index contributed by atoms with van der Waals surface area (Å²) in [5, 5.41) is 21.2. The number of halogens is 3. The molecule has 2 aromatic heterocycles. The first-order valence-electron chi connectivity index (χ1n) is 10.6. The third-order valence-corrected chi connectivity index (χ3v) is 6.07. The number of carbonyl (C=O) groups excluding carboxylic acids is 1. The van der Waals surface area contributed by atoms with Crippen molar-refractivity contribution in [1.29, 1.82) is 0 Å². The van der Waals surface area contributed by atoms with E-state index < -0.39 is 17.3 Å². The molecule has 1 atom stereocenters. The van der Waals surface area contributed by atoms with Crippen LogP contribution in [0.4, 0.5) is 24.9 Å². The molecule has 0 aliphatic carbocycles. The number of hydrogen-bond acceptors (Lipinski definition) is 7. The molecule has 2 aliphatic heterocycles. The van der Waals surface area contributed by atoms with Crippen LogP contribution < -0.4 is 15.5 Å². The standard InChI is InChI=1S/C21H22F3N7O2/c1-2-20(33)10-30(11-20)17-15-9-26-31(14-5-3-4-12(6-14)21(22,23)24)18(15)29-19(28-17)27-13-7-16(32)25-8-13/h3-6,9,13,33H,2,7-8,10-11H2,1H3,(H,25,32)(H,27,28,29)/t13-/m0/s1. The fourth-order valence-electron chi connectivity index (χ4n) is 4.13. The zero-order valence-electron chi connectivity index (χ0n) is 17.7. The second kappa shape index (κ2) is 7.58. The molecule has 3 aromatic rings. The Morgan fingerprint density at radius 3 is 2.76 bits per heavy atom. The minimum atomic E-state index is -4.49. The normalized spacial score (nSPS) is 20.1. The van der Waals surface area contributed by atoms with Crippen LogP contribution >= 0.6 is 0 Å². The molecular formula is C21H22F3N7O2. The van der Waals surface area contributed by atoms with E-state index in [4.69, 9.17) is 0 Å². The van der Waals surface area contributed by atoms with E-state index in [1.54, 1.807) is 0 Å². The molecule has 2 aliphatic rings. The summed E-state index contributed by atoms with van der Waals surface area (Å²) in [6, 6.07) is 4.64. The monoisotopic (exact) mass is 461 g/mol. The molecule has 3 N–H and O–H groups in total. The average Bonchev–Trinajstić information content (AvgIpc) is 3.36. The molecule has 2 saturated heterocycles. The van der Waals surface area contributed by atoms with Gasteiger partial charge in [0, 0.05) is 26.1 Å². The molecule has 12 heteroatoms. The third kappa shape index (κ3) is 3.94. The molecule has 0 saturated carbocycles. The molecule has 9 nitrogen and oxygen atoms in total. The van der Waals surface area contributed by atoms with Gasteiger partial charge in [-0.2, -0.15) is 28.2 Å². The van der Waals surface area contributed by atoms with Crippen molar-refractivity contribution >= 4 is 28.7 Å². The van der Waals surface area contributed by atoms with Gasteiger partial charge in [-0.3, -0.25) is 4.79 Å². The van der Waals surface area contributed by atoms with E-state index in [0.717, 1.165) is 12.1 Å². The highest BCUT2D eigenvalue weighted by molar-refractivity contribution is 5.89. The maximum Gasteiger partial charge on any atom is 0.416 e. The zero-order valence-corrected chi connectivity index (χ0v) is 17.7. The maximum atomic E-state index is 13.2. The van der Waals surface area contributed by atoms with Crippen LogP contribution in [0.3, 0.4) is 0 Å². The molecule has 1 aromatic carbocycles. The number of benzene rings is 1. The van der Waals surface area contributed by atoms with Gasteiger partial charge in [-0.1, -0.05) is 13.0 Å². The molecular weight excluding hydrogens is 439 g/mol. The van der Waals surface area contributed by atoms with Crippen LogP contribution in [0.25, 0.3) is 16.7 Å². The smallest absolute Gasteiger partial charge is 0.386 e. The van der Waals surface area contributed by atoms with Crippen molar-refractivity contribution < 1.29 is 23.1 Å². The van der Waals surface area contributed by atoms with Gasteiger partial charge in [-0.25, -0.2) is 4.68 Å². The van der Waals surface area contributed by atoms with Crippen LogP contribution in [-0.2, 0) is 11.0 Å². The third-order valence-electron chi connectivity index (χ3n) is 6.07. The molecule has 0 radical (unpaired) electrons. The number of β-amino-alcohol motifs (C(OH)–C–C–N with tert-alkyl or cyclic N) is 1. The number of aliphatic hydroxyl groups is 1. The number of nitrogens with zero attached hydrogens (tertiary/aromatic N) is 5. The van der Waals surface area contributed by atoms with E-state index in [9.17, 15) is 23.1 Å². The second-order valence-corrected chi connectivity index (χ2v) is 8.50. The molecule has 174 valence electrons. The molecule has 4 heterocycles. The highest BCUT2D eigenvalue weighted by atomic mass is 19.4. The number of hydrogen-bond donors (Lipinski definition) is 3. The summed E-state index contributed by atoms with van der Waals surface area (Å²) in [5.41, 5.74) is -1.07. The van der Waals surface area contributed by atoms with Crippen LogP contribution in [0.5, 0.6) is 0 Å². The van der Waals surface area contributed by atoms with Crippen LogP contribution in [0.15, 0.2) is 30.5 Å². The van der Waals surface area contributed by atoms with Crippen LogP contribution in [0, 0.1) is 0 Å². The lowest BCUT2D eigenvalue weighted by molar-refractivity contribution is -0.137.